The van der Waals surface area contributed by atoms with Crippen molar-refractivity contribution in [3.63, 3.8) is 0 Å². The van der Waals surface area contributed by atoms with Crippen molar-refractivity contribution in [1.29, 1.82) is 0 Å². The smallest absolute Gasteiger partial charge is 0.319 e. The number of methoxy groups -OCH3 is 2. The number of anilines is 1. The zero-order valence-corrected chi connectivity index (χ0v) is 15.0. The highest BCUT2D eigenvalue weighted by atomic mass is 19.1. The normalized spacial score (nSPS) is 12.6. The molecule has 0 radical (unpaired) electrons. The van der Waals surface area contributed by atoms with E-state index in [9.17, 15) is 9.18 Å². The molecule has 0 atom stereocenters. The molecule has 0 saturated heterocycles. The van der Waals surface area contributed by atoms with Gasteiger partial charge in [-0.25, -0.2) is 9.37 Å². The van der Waals surface area contributed by atoms with Gasteiger partial charge >= 0.3 is 6.01 Å². The minimum Gasteiger partial charge on any atom is -0.480 e. The monoisotopic (exact) mass is 374 g/mol. The summed E-state index contributed by atoms with van der Waals surface area (Å²) in [6, 6.07) is 2.84. The Bertz CT molecular complexity index is 931. The molecule has 1 amide bonds. The molecule has 1 aromatic heterocycles. The molecular weight excluding hydrogens is 355 g/mol. The van der Waals surface area contributed by atoms with Crippen LogP contribution in [-0.4, -0.2) is 36.6 Å². The van der Waals surface area contributed by atoms with Crippen LogP contribution in [0.5, 0.6) is 11.9 Å². The van der Waals surface area contributed by atoms with E-state index in [1.54, 1.807) is 6.92 Å². The lowest BCUT2D eigenvalue weighted by Gasteiger charge is -2.26. The minimum absolute atomic E-state index is 0.0878. The average molecular weight is 374 g/mol. The van der Waals surface area contributed by atoms with Crippen LogP contribution in [0.2, 0.25) is 0 Å². The zero-order chi connectivity index (χ0) is 19.6. The molecule has 1 aliphatic heterocycles. The molecule has 2 aromatic rings. The highest BCUT2D eigenvalue weighted by Gasteiger charge is 2.27. The van der Waals surface area contributed by atoms with Crippen LogP contribution in [0.15, 0.2) is 24.0 Å². The molecule has 27 heavy (non-hydrogen) atoms. The fraction of sp³-hybridized carbons (Fsp3) is 0.235. The number of nitrogens with one attached hydrogen (secondary N) is 3. The van der Waals surface area contributed by atoms with Gasteiger partial charge in [-0.15, -0.1) is 0 Å². The molecule has 1 aliphatic rings. The third-order valence-electron chi connectivity index (χ3n) is 3.97. The SMILES string of the molecule is CCNC(=O)C1=C(N)c2ccc(F)c(-c3cnc(OC)nc3OC)c2NN1. The van der Waals surface area contributed by atoms with E-state index in [4.69, 9.17) is 15.2 Å². The van der Waals surface area contributed by atoms with Crippen molar-refractivity contribution in [2.24, 2.45) is 5.73 Å². The number of rotatable bonds is 5. The lowest BCUT2D eigenvalue weighted by Crippen LogP contribution is -2.39. The van der Waals surface area contributed by atoms with Gasteiger partial charge in [0.1, 0.15) is 11.5 Å². The zero-order valence-electron chi connectivity index (χ0n) is 15.0. The summed E-state index contributed by atoms with van der Waals surface area (Å²) in [6.07, 6.45) is 1.39. The predicted octanol–water partition coefficient (Wildman–Crippen LogP) is 0.993. The number of aromatic nitrogens is 2. The van der Waals surface area contributed by atoms with Gasteiger partial charge in [-0.05, 0) is 19.1 Å². The van der Waals surface area contributed by atoms with E-state index >= 15 is 0 Å². The number of fused-ring (bicyclic) bond motifs is 1. The summed E-state index contributed by atoms with van der Waals surface area (Å²) in [6.45, 7) is 2.24. The first-order valence-corrected chi connectivity index (χ1v) is 8.10. The van der Waals surface area contributed by atoms with Crippen molar-refractivity contribution in [3.8, 4) is 23.0 Å². The van der Waals surface area contributed by atoms with Gasteiger partial charge in [0, 0.05) is 18.3 Å². The first-order valence-electron chi connectivity index (χ1n) is 8.10. The second-order valence-corrected chi connectivity index (χ2v) is 5.52. The minimum atomic E-state index is -0.538. The van der Waals surface area contributed by atoms with Crippen LogP contribution in [0.25, 0.3) is 16.8 Å². The van der Waals surface area contributed by atoms with Crippen LogP contribution < -0.4 is 31.4 Å². The first-order chi connectivity index (χ1) is 13.0. The molecule has 0 fully saturated rings. The number of likely N-dealkylation sites (N-methyl/N-ethyl adjacent to an activating group) is 1. The van der Waals surface area contributed by atoms with Gasteiger partial charge in [0.2, 0.25) is 5.88 Å². The number of benzene rings is 1. The molecule has 1 aromatic carbocycles. The largest absolute Gasteiger partial charge is 0.480 e. The Kier molecular flexibility index (Phi) is 4.97. The second-order valence-electron chi connectivity index (χ2n) is 5.52. The summed E-state index contributed by atoms with van der Waals surface area (Å²) >= 11 is 0. The molecule has 0 aliphatic carbocycles. The fourth-order valence-corrected chi connectivity index (χ4v) is 2.73. The molecule has 2 heterocycles. The number of hydrazine groups is 1. The number of hydrogen-bond acceptors (Lipinski definition) is 8. The van der Waals surface area contributed by atoms with Gasteiger partial charge in [-0.2, -0.15) is 4.98 Å². The molecule has 0 bridgehead atoms. The molecule has 9 nitrogen and oxygen atoms in total. The number of halogens is 1. The second kappa shape index (κ2) is 7.36. The van der Waals surface area contributed by atoms with Gasteiger partial charge < -0.3 is 20.5 Å². The fourth-order valence-electron chi connectivity index (χ4n) is 2.73. The number of ether oxygens (including phenoxy) is 2. The molecule has 0 unspecified atom stereocenters. The van der Waals surface area contributed by atoms with Crippen LogP contribution in [0, 0.1) is 5.82 Å². The molecular formula is C17H19FN6O3. The maximum Gasteiger partial charge on any atom is 0.319 e. The summed E-state index contributed by atoms with van der Waals surface area (Å²) in [5.74, 6) is -0.776. The van der Waals surface area contributed by atoms with Crippen LogP contribution in [-0.2, 0) is 4.79 Å². The number of amides is 1. The van der Waals surface area contributed by atoms with Crippen LogP contribution in [0.1, 0.15) is 12.5 Å². The maximum atomic E-state index is 14.7. The van der Waals surface area contributed by atoms with Crippen LogP contribution in [0.3, 0.4) is 0 Å². The van der Waals surface area contributed by atoms with Gasteiger partial charge in [-0.1, -0.05) is 0 Å². The van der Waals surface area contributed by atoms with Crippen molar-refractivity contribution in [1.82, 2.24) is 20.7 Å². The standard InChI is InChI=1S/C17H19FN6O3/c1-4-20-15(25)14-12(19)8-5-6-10(18)11(13(8)23-24-14)9-7-21-17(27-3)22-16(9)26-2/h5-7,23-24H,4,19H2,1-3H3,(H,20,25). The van der Waals surface area contributed by atoms with Gasteiger partial charge in [-0.3, -0.25) is 15.6 Å². The number of nitrogens with zero attached hydrogens (tertiary/aromatic N) is 2. The number of hydrogen-bond donors (Lipinski definition) is 4. The Labute approximate surface area is 154 Å². The molecule has 0 spiro atoms. The highest BCUT2D eigenvalue weighted by Crippen LogP contribution is 2.40. The van der Waals surface area contributed by atoms with E-state index in [0.717, 1.165) is 0 Å². The summed E-state index contributed by atoms with van der Waals surface area (Å²) < 4.78 is 24.9. The van der Waals surface area contributed by atoms with E-state index < -0.39 is 5.82 Å². The lowest BCUT2D eigenvalue weighted by atomic mass is 9.97. The lowest BCUT2D eigenvalue weighted by molar-refractivity contribution is -0.117. The molecule has 3 rings (SSSR count). The third kappa shape index (κ3) is 3.16. The highest BCUT2D eigenvalue weighted by molar-refractivity contribution is 6.04. The summed E-state index contributed by atoms with van der Waals surface area (Å²) in [7, 11) is 2.82. The Morgan fingerprint density at radius 1 is 1.26 bits per heavy atom. The van der Waals surface area contributed by atoms with Gasteiger partial charge in [0.05, 0.1) is 36.7 Å². The predicted molar refractivity (Wildman–Crippen MR) is 97.1 cm³/mol. The number of carbonyl (C=O) groups is 1. The molecule has 5 N–H and O–H groups in total. The van der Waals surface area contributed by atoms with Crippen molar-refractivity contribution in [3.05, 3.63) is 35.4 Å². The first kappa shape index (κ1) is 18.2. The van der Waals surface area contributed by atoms with E-state index in [-0.39, 0.29) is 34.8 Å². The van der Waals surface area contributed by atoms with E-state index in [1.807, 2.05) is 0 Å². The number of carbonyl (C=O) groups excluding carboxylic acids is 1. The summed E-state index contributed by atoms with van der Waals surface area (Å²) in [4.78, 5) is 20.2. The molecule has 10 heteroatoms. The Morgan fingerprint density at radius 3 is 2.70 bits per heavy atom. The molecule has 142 valence electrons. The van der Waals surface area contributed by atoms with Crippen LogP contribution >= 0.6 is 0 Å². The van der Waals surface area contributed by atoms with E-state index in [0.29, 0.717) is 23.4 Å². The summed E-state index contributed by atoms with van der Waals surface area (Å²) in [5, 5.41) is 2.66. The Morgan fingerprint density at radius 2 is 2.04 bits per heavy atom. The maximum absolute atomic E-state index is 14.7. The van der Waals surface area contributed by atoms with Crippen molar-refractivity contribution < 1.29 is 18.7 Å². The Hall–Kier alpha value is -3.56. The van der Waals surface area contributed by atoms with Gasteiger partial charge in [0.25, 0.3) is 5.91 Å². The Balaban J connectivity index is 2.18. The van der Waals surface area contributed by atoms with E-state index in [1.165, 1.54) is 32.5 Å². The molecule has 0 saturated carbocycles. The third-order valence-corrected chi connectivity index (χ3v) is 3.97. The number of nitrogens with two attached hydrogens (primary N) is 1. The van der Waals surface area contributed by atoms with Gasteiger partial charge in [0.15, 0.2) is 0 Å². The topological polar surface area (TPSA) is 123 Å². The quantitative estimate of drug-likeness (QED) is 0.611. The van der Waals surface area contributed by atoms with Crippen molar-refractivity contribution in [2.75, 3.05) is 26.2 Å². The van der Waals surface area contributed by atoms with Crippen molar-refractivity contribution in [2.45, 2.75) is 6.92 Å². The average Bonchev–Trinajstić information content (AvgIpc) is 2.68. The van der Waals surface area contributed by atoms with E-state index in [2.05, 4.69) is 26.1 Å². The van der Waals surface area contributed by atoms with Crippen LogP contribution in [0.4, 0.5) is 10.1 Å². The summed E-state index contributed by atoms with van der Waals surface area (Å²) in [5.41, 5.74) is 13.3. The van der Waals surface area contributed by atoms with Crippen molar-refractivity contribution >= 4 is 17.3 Å².